The van der Waals surface area contributed by atoms with Crippen molar-refractivity contribution in [3.05, 3.63) is 69.8 Å². The van der Waals surface area contributed by atoms with Crippen LogP contribution in [0.25, 0.3) is 5.69 Å². The molecule has 1 aromatic heterocycles. The summed E-state index contributed by atoms with van der Waals surface area (Å²) < 4.78 is 6.49. The second kappa shape index (κ2) is 11.7. The Labute approximate surface area is 237 Å². The Hall–Kier alpha value is -3.56. The first kappa shape index (κ1) is 28.4. The molecule has 2 N–H and O–H groups in total. The molecule has 11 heteroatoms. The number of amides is 3. The molecule has 0 aliphatic carbocycles. The number of likely N-dealkylation sites (tertiary alicyclic amines) is 1. The van der Waals surface area contributed by atoms with Gasteiger partial charge in [0.05, 0.1) is 40.6 Å². The highest BCUT2D eigenvalue weighted by Crippen LogP contribution is 2.30. The van der Waals surface area contributed by atoms with Gasteiger partial charge in [-0.3, -0.25) is 10.1 Å². The summed E-state index contributed by atoms with van der Waals surface area (Å²) in [4.78, 5) is 39.7. The minimum atomic E-state index is -0.548. The predicted octanol–water partition coefficient (Wildman–Crippen LogP) is 5.83. The number of carbonyl (C=O) groups excluding carboxylic acids is 3. The number of nitrogens with one attached hydrogen (secondary N) is 2. The summed E-state index contributed by atoms with van der Waals surface area (Å²) in [5.74, 6) is -0.106. The Balaban J connectivity index is 1.58. The molecule has 0 radical (unpaired) electrons. The van der Waals surface area contributed by atoms with Crippen molar-refractivity contribution in [1.82, 2.24) is 14.7 Å². The van der Waals surface area contributed by atoms with E-state index < -0.39 is 18.0 Å². The second-order valence-electron chi connectivity index (χ2n) is 10.4. The third-order valence-electron chi connectivity index (χ3n) is 6.48. The summed E-state index contributed by atoms with van der Waals surface area (Å²) >= 11 is 12.3. The van der Waals surface area contributed by atoms with Gasteiger partial charge in [0.2, 0.25) is 5.91 Å². The fourth-order valence-corrected chi connectivity index (χ4v) is 4.77. The van der Waals surface area contributed by atoms with Crippen molar-refractivity contribution in [2.75, 3.05) is 24.3 Å². The van der Waals surface area contributed by atoms with Crippen molar-refractivity contribution in [3.63, 3.8) is 0 Å². The van der Waals surface area contributed by atoms with Crippen molar-refractivity contribution >= 4 is 52.6 Å². The maximum Gasteiger partial charge on any atom is 0.328 e. The minimum absolute atomic E-state index is 0.116. The van der Waals surface area contributed by atoms with Gasteiger partial charge in [-0.05, 0) is 42.7 Å². The van der Waals surface area contributed by atoms with E-state index in [0.717, 1.165) is 17.7 Å². The van der Waals surface area contributed by atoms with Crippen LogP contribution in [-0.2, 0) is 26.2 Å². The summed E-state index contributed by atoms with van der Waals surface area (Å²) in [5.41, 5.74) is 2.26. The zero-order valence-electron chi connectivity index (χ0n) is 22.3. The van der Waals surface area contributed by atoms with Gasteiger partial charge in [0.25, 0.3) is 0 Å². The van der Waals surface area contributed by atoms with E-state index in [-0.39, 0.29) is 22.8 Å². The summed E-state index contributed by atoms with van der Waals surface area (Å²) in [5, 5.41) is 10.9. The summed E-state index contributed by atoms with van der Waals surface area (Å²) in [6.07, 6.45) is 1.47. The standard InChI is InChI=1S/C28H31Cl2N5O4/c1-28(2,3)22-16-23(32-27(38)31-20-11-6-10-19(29)25(20)30)35(33-22)18-9-5-8-17(14-18)15-24(36)34-13-7-12-21(34)26(37)39-4/h5-6,8-11,14,16,21H,7,12-13,15H2,1-4H3,(H2,31,32,38)/t21-/m0/s1. The van der Waals surface area contributed by atoms with Gasteiger partial charge in [0.1, 0.15) is 11.9 Å². The molecule has 0 saturated carbocycles. The summed E-state index contributed by atoms with van der Waals surface area (Å²) in [7, 11) is 1.33. The number of hydrogen-bond donors (Lipinski definition) is 2. The van der Waals surface area contributed by atoms with Gasteiger partial charge >= 0.3 is 12.0 Å². The maximum atomic E-state index is 13.1. The van der Waals surface area contributed by atoms with Gasteiger partial charge < -0.3 is 15.0 Å². The number of rotatable bonds is 6. The van der Waals surface area contributed by atoms with Crippen molar-refractivity contribution in [2.24, 2.45) is 0 Å². The molecule has 3 amide bonds. The SMILES string of the molecule is COC(=O)[C@@H]1CCCN1C(=O)Cc1cccc(-n2nc(C(C)(C)C)cc2NC(=O)Nc2cccc(Cl)c2Cl)c1. The van der Waals surface area contributed by atoms with Gasteiger partial charge in [-0.1, -0.05) is 62.2 Å². The van der Waals surface area contributed by atoms with Crippen LogP contribution in [0.4, 0.5) is 16.3 Å². The normalized spacial score (nSPS) is 15.2. The highest BCUT2D eigenvalue weighted by atomic mass is 35.5. The van der Waals surface area contributed by atoms with Crippen LogP contribution in [-0.4, -0.2) is 52.3 Å². The zero-order chi connectivity index (χ0) is 28.3. The van der Waals surface area contributed by atoms with Crippen LogP contribution in [0.1, 0.15) is 44.9 Å². The van der Waals surface area contributed by atoms with Crippen LogP contribution in [0, 0.1) is 0 Å². The first-order valence-electron chi connectivity index (χ1n) is 12.6. The van der Waals surface area contributed by atoms with Crippen LogP contribution in [0.3, 0.4) is 0 Å². The van der Waals surface area contributed by atoms with E-state index in [1.54, 1.807) is 27.8 Å². The lowest BCUT2D eigenvalue weighted by Gasteiger charge is -2.22. The second-order valence-corrected chi connectivity index (χ2v) is 11.2. The molecule has 9 nitrogen and oxygen atoms in total. The van der Waals surface area contributed by atoms with Crippen molar-refractivity contribution in [1.29, 1.82) is 0 Å². The molecule has 1 atom stereocenters. The molecule has 0 unspecified atom stereocenters. The van der Waals surface area contributed by atoms with Crippen molar-refractivity contribution < 1.29 is 19.1 Å². The Morgan fingerprint density at radius 1 is 1.08 bits per heavy atom. The number of halogens is 2. The number of carbonyl (C=O) groups is 3. The largest absolute Gasteiger partial charge is 0.467 e. The van der Waals surface area contributed by atoms with Crippen molar-refractivity contribution in [2.45, 2.75) is 51.5 Å². The predicted molar refractivity (Wildman–Crippen MR) is 152 cm³/mol. The van der Waals surface area contributed by atoms with E-state index in [4.69, 9.17) is 33.0 Å². The smallest absolute Gasteiger partial charge is 0.328 e. The Kier molecular flexibility index (Phi) is 8.51. The first-order chi connectivity index (χ1) is 18.5. The van der Waals surface area contributed by atoms with E-state index in [2.05, 4.69) is 10.6 Å². The maximum absolute atomic E-state index is 13.1. The fraction of sp³-hybridized carbons (Fsp3) is 0.357. The molecule has 3 aromatic rings. The van der Waals surface area contributed by atoms with Crippen molar-refractivity contribution in [3.8, 4) is 5.69 Å². The van der Waals surface area contributed by atoms with E-state index in [1.165, 1.54) is 7.11 Å². The average molecular weight is 572 g/mol. The molecule has 4 rings (SSSR count). The molecular formula is C28H31Cl2N5O4. The lowest BCUT2D eigenvalue weighted by molar-refractivity contribution is -0.150. The van der Waals surface area contributed by atoms with Gasteiger partial charge in [-0.15, -0.1) is 0 Å². The van der Waals surface area contributed by atoms with Gasteiger partial charge in [-0.2, -0.15) is 5.10 Å². The van der Waals surface area contributed by atoms with E-state index >= 15 is 0 Å². The number of anilines is 2. The highest BCUT2D eigenvalue weighted by molar-refractivity contribution is 6.44. The quantitative estimate of drug-likeness (QED) is 0.362. The third-order valence-corrected chi connectivity index (χ3v) is 7.29. The summed E-state index contributed by atoms with van der Waals surface area (Å²) in [6, 6.07) is 13.1. The number of methoxy groups -OCH3 is 1. The highest BCUT2D eigenvalue weighted by Gasteiger charge is 2.34. The molecule has 1 aliphatic rings. The van der Waals surface area contributed by atoms with Crippen LogP contribution in [0.15, 0.2) is 48.5 Å². The molecule has 1 saturated heterocycles. The number of esters is 1. The molecular weight excluding hydrogens is 541 g/mol. The topological polar surface area (TPSA) is 106 Å². The number of nitrogens with zero attached hydrogens (tertiary/aromatic N) is 3. The molecule has 2 aromatic carbocycles. The minimum Gasteiger partial charge on any atom is -0.467 e. The van der Waals surface area contributed by atoms with E-state index in [9.17, 15) is 14.4 Å². The lowest BCUT2D eigenvalue weighted by atomic mass is 9.92. The third kappa shape index (κ3) is 6.54. The average Bonchev–Trinajstić information content (AvgIpc) is 3.54. The Bertz CT molecular complexity index is 1400. The number of benzene rings is 2. The number of hydrogen-bond acceptors (Lipinski definition) is 5. The molecule has 0 spiro atoms. The van der Waals surface area contributed by atoms with Crippen LogP contribution < -0.4 is 10.6 Å². The molecule has 2 heterocycles. The van der Waals surface area contributed by atoms with Crippen LogP contribution in [0.5, 0.6) is 0 Å². The van der Waals surface area contributed by atoms with Crippen LogP contribution in [0.2, 0.25) is 10.0 Å². The van der Waals surface area contributed by atoms with Gasteiger partial charge in [0, 0.05) is 18.0 Å². The number of ether oxygens (including phenoxy) is 1. The molecule has 1 aliphatic heterocycles. The lowest BCUT2D eigenvalue weighted by Crippen LogP contribution is -2.41. The van der Waals surface area contributed by atoms with E-state index in [1.807, 2.05) is 51.1 Å². The molecule has 1 fully saturated rings. The van der Waals surface area contributed by atoms with Crippen LogP contribution >= 0.6 is 23.2 Å². The summed E-state index contributed by atoms with van der Waals surface area (Å²) in [6.45, 7) is 6.60. The van der Waals surface area contributed by atoms with Gasteiger partial charge in [-0.25, -0.2) is 14.3 Å². The van der Waals surface area contributed by atoms with E-state index in [0.29, 0.717) is 35.2 Å². The first-order valence-corrected chi connectivity index (χ1v) is 13.3. The van der Waals surface area contributed by atoms with Gasteiger partial charge in [0.15, 0.2) is 0 Å². The monoisotopic (exact) mass is 571 g/mol. The molecule has 39 heavy (non-hydrogen) atoms. The fourth-order valence-electron chi connectivity index (χ4n) is 4.42. The number of aromatic nitrogens is 2. The zero-order valence-corrected chi connectivity index (χ0v) is 23.8. The molecule has 0 bridgehead atoms. The Morgan fingerprint density at radius 3 is 2.54 bits per heavy atom. The Morgan fingerprint density at radius 2 is 1.82 bits per heavy atom. The number of urea groups is 1. The molecule has 206 valence electrons.